The van der Waals surface area contributed by atoms with Crippen LogP contribution in [0.15, 0.2) is 34.9 Å². The molecule has 0 amide bonds. The van der Waals surface area contributed by atoms with Crippen LogP contribution in [0.1, 0.15) is 39.5 Å². The van der Waals surface area contributed by atoms with Crippen LogP contribution in [0, 0.1) is 5.92 Å². The number of rotatable bonds is 6. The third-order valence-electron chi connectivity index (χ3n) is 3.30. The molecule has 0 fully saturated rings. The van der Waals surface area contributed by atoms with Crippen LogP contribution in [-0.4, -0.2) is 22.2 Å². The van der Waals surface area contributed by atoms with E-state index in [1.807, 2.05) is 6.08 Å². The first-order chi connectivity index (χ1) is 8.99. The number of aliphatic carboxylic acids is 2. The van der Waals surface area contributed by atoms with Crippen molar-refractivity contribution in [3.05, 3.63) is 34.9 Å². The van der Waals surface area contributed by atoms with Gasteiger partial charge in [-0.25, -0.2) is 4.79 Å². The molecule has 4 nitrogen and oxygen atoms in total. The highest BCUT2D eigenvalue weighted by molar-refractivity contribution is 5.94. The van der Waals surface area contributed by atoms with E-state index >= 15 is 0 Å². The minimum atomic E-state index is -1.08. The van der Waals surface area contributed by atoms with Gasteiger partial charge in [0.05, 0.1) is 5.57 Å². The molecule has 1 aliphatic carbocycles. The van der Waals surface area contributed by atoms with Gasteiger partial charge in [-0.05, 0) is 37.0 Å². The first-order valence-electron chi connectivity index (χ1n) is 6.54. The largest absolute Gasteiger partial charge is 0.481 e. The molecule has 0 aromatic carbocycles. The van der Waals surface area contributed by atoms with Crippen LogP contribution in [0.2, 0.25) is 0 Å². The molecule has 1 rings (SSSR count). The smallest absolute Gasteiger partial charge is 0.335 e. The van der Waals surface area contributed by atoms with Crippen molar-refractivity contribution in [3.63, 3.8) is 0 Å². The molecular weight excluding hydrogens is 244 g/mol. The Balaban J connectivity index is 2.95. The summed E-state index contributed by atoms with van der Waals surface area (Å²) in [4.78, 5) is 22.3. The Hall–Kier alpha value is -1.84. The molecule has 19 heavy (non-hydrogen) atoms. The third kappa shape index (κ3) is 3.81. The number of carboxylic acid groups (broad SMARTS) is 2. The average molecular weight is 264 g/mol. The van der Waals surface area contributed by atoms with Crippen molar-refractivity contribution in [1.29, 1.82) is 0 Å². The summed E-state index contributed by atoms with van der Waals surface area (Å²) >= 11 is 0. The van der Waals surface area contributed by atoms with Crippen molar-refractivity contribution >= 4 is 11.9 Å². The summed E-state index contributed by atoms with van der Waals surface area (Å²) < 4.78 is 0. The number of carboxylic acids is 2. The van der Waals surface area contributed by atoms with Crippen molar-refractivity contribution < 1.29 is 19.8 Å². The van der Waals surface area contributed by atoms with Gasteiger partial charge in [0.1, 0.15) is 5.92 Å². The predicted molar refractivity (Wildman–Crippen MR) is 72.8 cm³/mol. The van der Waals surface area contributed by atoms with Gasteiger partial charge in [0.15, 0.2) is 0 Å². The Morgan fingerprint density at radius 3 is 2.47 bits per heavy atom. The Morgan fingerprint density at radius 1 is 1.26 bits per heavy atom. The highest BCUT2D eigenvalue weighted by Gasteiger charge is 2.29. The Kier molecular flexibility index (Phi) is 5.55. The summed E-state index contributed by atoms with van der Waals surface area (Å²) in [6.07, 6.45) is 9.09. The lowest BCUT2D eigenvalue weighted by Gasteiger charge is -2.20. The van der Waals surface area contributed by atoms with Crippen LogP contribution in [0.25, 0.3) is 0 Å². The van der Waals surface area contributed by atoms with Crippen molar-refractivity contribution in [3.8, 4) is 0 Å². The Morgan fingerprint density at radius 2 is 1.95 bits per heavy atom. The van der Waals surface area contributed by atoms with Gasteiger partial charge >= 0.3 is 11.9 Å². The maximum Gasteiger partial charge on any atom is 0.335 e. The van der Waals surface area contributed by atoms with Crippen LogP contribution in [0.4, 0.5) is 0 Å². The van der Waals surface area contributed by atoms with Gasteiger partial charge in [0.2, 0.25) is 0 Å². The van der Waals surface area contributed by atoms with Gasteiger partial charge in [-0.1, -0.05) is 31.9 Å². The quantitative estimate of drug-likeness (QED) is 0.722. The van der Waals surface area contributed by atoms with E-state index in [1.165, 1.54) is 6.08 Å². The van der Waals surface area contributed by atoms with Crippen LogP contribution in [-0.2, 0) is 9.59 Å². The second-order valence-corrected chi connectivity index (χ2v) is 4.71. The predicted octanol–water partition coefficient (Wildman–Crippen LogP) is 3.16. The molecule has 0 bridgehead atoms. The fourth-order valence-electron chi connectivity index (χ4n) is 2.23. The number of carbonyl (C=O) groups is 2. The van der Waals surface area contributed by atoms with Gasteiger partial charge < -0.3 is 10.2 Å². The normalized spacial score (nSPS) is 20.9. The summed E-state index contributed by atoms with van der Waals surface area (Å²) in [6.45, 7) is 3.69. The van der Waals surface area contributed by atoms with Crippen LogP contribution >= 0.6 is 0 Å². The maximum absolute atomic E-state index is 11.3. The molecule has 4 heteroatoms. The molecule has 2 N–H and O–H groups in total. The van der Waals surface area contributed by atoms with Crippen molar-refractivity contribution in [2.24, 2.45) is 5.92 Å². The first kappa shape index (κ1) is 15.2. The van der Waals surface area contributed by atoms with Crippen molar-refractivity contribution in [1.82, 2.24) is 0 Å². The van der Waals surface area contributed by atoms with E-state index in [0.717, 1.165) is 25.7 Å². The molecule has 1 aliphatic rings. The van der Waals surface area contributed by atoms with E-state index in [9.17, 15) is 14.7 Å². The molecular formula is C15H20O4. The van der Waals surface area contributed by atoms with E-state index in [1.54, 1.807) is 13.0 Å². The number of hydrogen-bond acceptors (Lipinski definition) is 2. The molecule has 0 aliphatic heterocycles. The van der Waals surface area contributed by atoms with Gasteiger partial charge in [0.25, 0.3) is 0 Å². The van der Waals surface area contributed by atoms with Crippen LogP contribution in [0.3, 0.4) is 0 Å². The number of unbranched alkanes of at least 4 members (excludes halogenated alkanes) is 3. The summed E-state index contributed by atoms with van der Waals surface area (Å²) in [5, 5.41) is 18.3. The number of hydrogen-bond donors (Lipinski definition) is 2. The molecule has 0 saturated carbocycles. The lowest BCUT2D eigenvalue weighted by atomic mass is 9.83. The summed E-state index contributed by atoms with van der Waals surface area (Å²) in [7, 11) is 0. The van der Waals surface area contributed by atoms with E-state index in [2.05, 4.69) is 6.92 Å². The zero-order chi connectivity index (χ0) is 14.4. The average Bonchev–Trinajstić information content (AvgIpc) is 2.33. The lowest BCUT2D eigenvalue weighted by Crippen LogP contribution is -2.22. The van der Waals surface area contributed by atoms with Gasteiger partial charge in [-0.2, -0.15) is 0 Å². The van der Waals surface area contributed by atoms with Crippen LogP contribution in [0.5, 0.6) is 0 Å². The van der Waals surface area contributed by atoms with E-state index in [4.69, 9.17) is 5.11 Å². The maximum atomic E-state index is 11.3. The highest BCUT2D eigenvalue weighted by atomic mass is 16.4. The van der Waals surface area contributed by atoms with Crippen LogP contribution < -0.4 is 0 Å². The van der Waals surface area contributed by atoms with E-state index in [-0.39, 0.29) is 5.57 Å². The first-order valence-corrected chi connectivity index (χ1v) is 6.54. The molecule has 104 valence electrons. The minimum Gasteiger partial charge on any atom is -0.481 e. The van der Waals surface area contributed by atoms with Crippen molar-refractivity contribution in [2.75, 3.05) is 0 Å². The molecule has 0 aromatic rings. The molecule has 0 radical (unpaired) electrons. The summed E-state index contributed by atoms with van der Waals surface area (Å²) in [5.74, 6) is -2.91. The molecule has 0 saturated heterocycles. The summed E-state index contributed by atoms with van der Waals surface area (Å²) in [5.41, 5.74) is 1.16. The van der Waals surface area contributed by atoms with Gasteiger partial charge in [-0.3, -0.25) is 4.79 Å². The summed E-state index contributed by atoms with van der Waals surface area (Å²) in [6, 6.07) is 0. The van der Waals surface area contributed by atoms with Gasteiger partial charge in [0, 0.05) is 0 Å². The third-order valence-corrected chi connectivity index (χ3v) is 3.30. The van der Waals surface area contributed by atoms with E-state index in [0.29, 0.717) is 11.1 Å². The molecule has 0 aromatic heterocycles. The van der Waals surface area contributed by atoms with Gasteiger partial charge in [-0.15, -0.1) is 0 Å². The SMILES string of the molecule is CCCCCC=C1C=CC(C(=O)O)=C(C)C1C(=O)O. The molecule has 1 unspecified atom stereocenters. The highest BCUT2D eigenvalue weighted by Crippen LogP contribution is 2.30. The Labute approximate surface area is 113 Å². The standard InChI is InChI=1S/C15H20O4/c1-3-4-5-6-7-11-8-9-12(14(16)17)10(2)13(11)15(18)19/h7-9,13H,3-6H2,1-2H3,(H,16,17)(H,18,19). The number of allylic oxidation sites excluding steroid dienone is 2. The second kappa shape index (κ2) is 6.92. The molecule has 0 spiro atoms. The topological polar surface area (TPSA) is 74.6 Å². The minimum absolute atomic E-state index is 0.0816. The lowest BCUT2D eigenvalue weighted by molar-refractivity contribution is -0.139. The molecule has 0 heterocycles. The van der Waals surface area contributed by atoms with E-state index < -0.39 is 17.9 Å². The zero-order valence-electron chi connectivity index (χ0n) is 11.3. The zero-order valence-corrected chi connectivity index (χ0v) is 11.3. The second-order valence-electron chi connectivity index (χ2n) is 4.71. The van der Waals surface area contributed by atoms with Crippen molar-refractivity contribution in [2.45, 2.75) is 39.5 Å². The Bertz CT molecular complexity index is 455. The monoisotopic (exact) mass is 264 g/mol. The molecule has 1 atom stereocenters. The fourth-order valence-corrected chi connectivity index (χ4v) is 2.23. The fraction of sp³-hybridized carbons (Fsp3) is 0.467.